The number of anilines is 1. The maximum Gasteiger partial charge on any atom is 0.338 e. The average Bonchev–Trinajstić information content (AvgIpc) is 2.87. The summed E-state index contributed by atoms with van der Waals surface area (Å²) in [4.78, 5) is 24.4. The van der Waals surface area contributed by atoms with E-state index < -0.39 is 11.9 Å². The molecule has 0 saturated heterocycles. The molecule has 0 aliphatic carbocycles. The zero-order valence-corrected chi connectivity index (χ0v) is 20.6. The lowest BCUT2D eigenvalue weighted by atomic mass is 10.1. The molecule has 0 aliphatic heterocycles. The number of rotatable bonds is 8. The first-order valence-corrected chi connectivity index (χ1v) is 11.4. The van der Waals surface area contributed by atoms with E-state index in [1.807, 2.05) is 6.07 Å². The first-order chi connectivity index (χ1) is 17.4. The van der Waals surface area contributed by atoms with E-state index in [4.69, 9.17) is 32.7 Å². The topological polar surface area (TPSA) is 112 Å². The molecule has 0 spiro atoms. The molecule has 180 valence electrons. The van der Waals surface area contributed by atoms with Gasteiger partial charge in [0.1, 0.15) is 18.2 Å². The van der Waals surface area contributed by atoms with Crippen LogP contribution in [0.5, 0.6) is 5.75 Å². The fraction of sp³-hybridized carbons (Fsp3) is 0.111. The number of benzene rings is 3. The van der Waals surface area contributed by atoms with Gasteiger partial charge in [-0.25, -0.2) is 4.79 Å². The van der Waals surface area contributed by atoms with Gasteiger partial charge in [-0.1, -0.05) is 41.4 Å². The first kappa shape index (κ1) is 26.3. The van der Waals surface area contributed by atoms with Crippen molar-refractivity contribution in [3.8, 4) is 17.9 Å². The molecule has 3 aromatic rings. The molecule has 0 bridgehead atoms. The SMILES string of the molecule is CCOC(=O)c1ccc(NC(=O)/C(C#N)=C/c2cc(Cl)c(OCc3ccccc3C#N)c(Cl)c2)cc1. The Morgan fingerprint density at radius 3 is 2.31 bits per heavy atom. The molecule has 1 N–H and O–H groups in total. The third kappa shape index (κ3) is 6.64. The number of esters is 1. The maximum atomic E-state index is 12.6. The summed E-state index contributed by atoms with van der Waals surface area (Å²) in [5.41, 5.74) is 2.12. The van der Waals surface area contributed by atoms with Gasteiger partial charge < -0.3 is 14.8 Å². The van der Waals surface area contributed by atoms with Crippen molar-refractivity contribution in [2.75, 3.05) is 11.9 Å². The Bertz CT molecular complexity index is 1380. The molecule has 0 aliphatic rings. The van der Waals surface area contributed by atoms with E-state index in [1.165, 1.54) is 42.5 Å². The van der Waals surface area contributed by atoms with E-state index >= 15 is 0 Å². The van der Waals surface area contributed by atoms with Crippen LogP contribution < -0.4 is 10.1 Å². The van der Waals surface area contributed by atoms with Gasteiger partial charge in [0.2, 0.25) is 0 Å². The molecule has 3 aromatic carbocycles. The van der Waals surface area contributed by atoms with Crippen molar-refractivity contribution in [2.45, 2.75) is 13.5 Å². The van der Waals surface area contributed by atoms with Gasteiger partial charge in [0.25, 0.3) is 5.91 Å². The number of hydrogen-bond donors (Lipinski definition) is 1. The number of nitrogens with one attached hydrogen (secondary N) is 1. The van der Waals surface area contributed by atoms with Gasteiger partial charge in [-0.3, -0.25) is 4.79 Å². The number of nitriles is 2. The van der Waals surface area contributed by atoms with E-state index in [0.717, 1.165) is 0 Å². The number of halogens is 2. The minimum absolute atomic E-state index is 0.0825. The van der Waals surface area contributed by atoms with Crippen LogP contribution in [-0.4, -0.2) is 18.5 Å². The summed E-state index contributed by atoms with van der Waals surface area (Å²) in [6.45, 7) is 2.04. The van der Waals surface area contributed by atoms with Crippen LogP contribution in [0.1, 0.15) is 34.0 Å². The molecule has 0 unspecified atom stereocenters. The van der Waals surface area contributed by atoms with Gasteiger partial charge in [-0.15, -0.1) is 0 Å². The predicted octanol–water partition coefficient (Wildman–Crippen LogP) is 6.17. The lowest BCUT2D eigenvalue weighted by Crippen LogP contribution is -2.13. The second kappa shape index (κ2) is 12.4. The Balaban J connectivity index is 1.74. The molecular formula is C27H19Cl2N3O4. The Morgan fingerprint density at radius 1 is 1.03 bits per heavy atom. The molecule has 0 radical (unpaired) electrons. The van der Waals surface area contributed by atoms with Crippen molar-refractivity contribution in [1.29, 1.82) is 10.5 Å². The summed E-state index contributed by atoms with van der Waals surface area (Å²) in [6, 6.07) is 20.0. The van der Waals surface area contributed by atoms with Gasteiger partial charge >= 0.3 is 5.97 Å². The highest BCUT2D eigenvalue weighted by atomic mass is 35.5. The standard InChI is InChI=1S/C27H19Cl2N3O4/c1-2-35-27(34)18-7-9-22(10-8-18)32-26(33)21(15-31)11-17-12-23(28)25(24(29)13-17)36-16-20-6-4-3-5-19(20)14-30/h3-13H,2,16H2,1H3,(H,32,33)/b21-11+. The molecule has 0 fully saturated rings. The summed E-state index contributed by atoms with van der Waals surface area (Å²) in [6.07, 6.45) is 1.34. The highest BCUT2D eigenvalue weighted by Gasteiger charge is 2.14. The lowest BCUT2D eigenvalue weighted by Gasteiger charge is -2.12. The fourth-order valence-corrected chi connectivity index (χ4v) is 3.74. The molecule has 0 saturated carbocycles. The van der Waals surface area contributed by atoms with E-state index in [0.29, 0.717) is 27.9 Å². The summed E-state index contributed by atoms with van der Waals surface area (Å²) in [5, 5.41) is 21.7. The van der Waals surface area contributed by atoms with Crippen LogP contribution >= 0.6 is 23.2 Å². The smallest absolute Gasteiger partial charge is 0.338 e. The van der Waals surface area contributed by atoms with E-state index in [2.05, 4.69) is 11.4 Å². The zero-order chi connectivity index (χ0) is 26.1. The number of hydrogen-bond acceptors (Lipinski definition) is 6. The van der Waals surface area contributed by atoms with E-state index in [1.54, 1.807) is 31.2 Å². The Morgan fingerprint density at radius 2 is 1.69 bits per heavy atom. The molecule has 0 atom stereocenters. The minimum atomic E-state index is -0.651. The summed E-state index contributed by atoms with van der Waals surface area (Å²) in [7, 11) is 0. The van der Waals surface area contributed by atoms with Crippen molar-refractivity contribution >= 4 is 46.8 Å². The average molecular weight is 520 g/mol. The highest BCUT2D eigenvalue weighted by Crippen LogP contribution is 2.35. The van der Waals surface area contributed by atoms with Gasteiger partial charge in [0.05, 0.1) is 33.8 Å². The van der Waals surface area contributed by atoms with Crippen LogP contribution in [0.15, 0.2) is 66.2 Å². The van der Waals surface area contributed by atoms with Crippen molar-refractivity contribution in [3.05, 3.63) is 98.5 Å². The second-order valence-electron chi connectivity index (χ2n) is 7.29. The number of nitrogens with zero attached hydrogens (tertiary/aromatic N) is 2. The zero-order valence-electron chi connectivity index (χ0n) is 19.0. The molecule has 3 rings (SSSR count). The molecule has 1 amide bonds. The lowest BCUT2D eigenvalue weighted by molar-refractivity contribution is -0.112. The molecule has 7 nitrogen and oxygen atoms in total. The number of ether oxygens (including phenoxy) is 2. The van der Waals surface area contributed by atoms with Crippen LogP contribution in [0.2, 0.25) is 10.0 Å². The summed E-state index contributed by atoms with van der Waals surface area (Å²) < 4.78 is 10.7. The van der Waals surface area contributed by atoms with Gasteiger partial charge in [-0.05, 0) is 61.0 Å². The Kier molecular flexibility index (Phi) is 9.07. The van der Waals surface area contributed by atoms with E-state index in [-0.39, 0.29) is 34.6 Å². The molecule has 0 aromatic heterocycles. The fourth-order valence-electron chi connectivity index (χ4n) is 3.12. The number of carbonyl (C=O) groups is 2. The largest absolute Gasteiger partial charge is 0.486 e. The number of carbonyl (C=O) groups excluding carboxylic acids is 2. The molecule has 36 heavy (non-hydrogen) atoms. The summed E-state index contributed by atoms with van der Waals surface area (Å²) >= 11 is 12.7. The molecular weight excluding hydrogens is 501 g/mol. The van der Waals surface area contributed by atoms with Crippen LogP contribution in [0.25, 0.3) is 6.08 Å². The van der Waals surface area contributed by atoms with Crippen molar-refractivity contribution in [3.63, 3.8) is 0 Å². The normalized spacial score (nSPS) is 10.6. The van der Waals surface area contributed by atoms with Crippen LogP contribution in [-0.2, 0) is 16.1 Å². The van der Waals surface area contributed by atoms with E-state index in [9.17, 15) is 20.1 Å². The van der Waals surface area contributed by atoms with Crippen molar-refractivity contribution < 1.29 is 19.1 Å². The van der Waals surface area contributed by atoms with Crippen molar-refractivity contribution in [2.24, 2.45) is 0 Å². The quantitative estimate of drug-likeness (QED) is 0.216. The molecule has 9 heteroatoms. The van der Waals surface area contributed by atoms with Gasteiger partial charge in [0, 0.05) is 11.3 Å². The van der Waals surface area contributed by atoms with Crippen LogP contribution in [0.4, 0.5) is 5.69 Å². The maximum absolute atomic E-state index is 12.6. The van der Waals surface area contributed by atoms with Gasteiger partial charge in [-0.2, -0.15) is 10.5 Å². The Labute approximate surface area is 218 Å². The Hall–Kier alpha value is -4.30. The first-order valence-electron chi connectivity index (χ1n) is 10.7. The third-order valence-electron chi connectivity index (χ3n) is 4.86. The van der Waals surface area contributed by atoms with Crippen molar-refractivity contribution in [1.82, 2.24) is 0 Å². The summed E-state index contributed by atoms with van der Waals surface area (Å²) in [5.74, 6) is -0.904. The van der Waals surface area contributed by atoms with Gasteiger partial charge in [0.15, 0.2) is 5.75 Å². The molecule has 0 heterocycles. The minimum Gasteiger partial charge on any atom is -0.486 e. The van der Waals surface area contributed by atoms with Crippen LogP contribution in [0.3, 0.4) is 0 Å². The number of amides is 1. The monoisotopic (exact) mass is 519 g/mol. The second-order valence-corrected chi connectivity index (χ2v) is 8.11. The predicted molar refractivity (Wildman–Crippen MR) is 137 cm³/mol. The third-order valence-corrected chi connectivity index (χ3v) is 5.42. The highest BCUT2D eigenvalue weighted by molar-refractivity contribution is 6.37. The van der Waals surface area contributed by atoms with Crippen LogP contribution in [0, 0.1) is 22.7 Å².